The summed E-state index contributed by atoms with van der Waals surface area (Å²) in [5, 5.41) is 3.14. The third-order valence-corrected chi connectivity index (χ3v) is 3.05. The lowest BCUT2D eigenvalue weighted by Gasteiger charge is -2.18. The molecule has 0 saturated heterocycles. The Balaban J connectivity index is 1.93. The van der Waals surface area contributed by atoms with Gasteiger partial charge in [0.05, 0.1) is 11.3 Å². The Kier molecular flexibility index (Phi) is 3.00. The molecule has 1 aromatic carbocycles. The second-order valence-electron chi connectivity index (χ2n) is 4.43. The minimum Gasteiger partial charge on any atom is -0.474 e. The van der Waals surface area contributed by atoms with Gasteiger partial charge in [-0.05, 0) is 23.8 Å². The van der Waals surface area contributed by atoms with E-state index in [2.05, 4.69) is 10.3 Å². The molecule has 6 heteroatoms. The first-order valence-electron chi connectivity index (χ1n) is 6.08. The molecule has 0 saturated carbocycles. The predicted octanol–water partition coefficient (Wildman–Crippen LogP) is 3.57. The summed E-state index contributed by atoms with van der Waals surface area (Å²) in [4.78, 5) is 4.16. The number of anilines is 1. The molecule has 0 unspecified atom stereocenters. The highest BCUT2D eigenvalue weighted by Crippen LogP contribution is 2.33. The van der Waals surface area contributed by atoms with Crippen molar-refractivity contribution in [2.75, 3.05) is 18.5 Å². The van der Waals surface area contributed by atoms with Crippen molar-refractivity contribution in [1.82, 2.24) is 4.98 Å². The zero-order valence-corrected chi connectivity index (χ0v) is 10.4. The molecule has 0 amide bonds. The number of ether oxygens (including phenoxy) is 1. The van der Waals surface area contributed by atoms with E-state index in [1.165, 1.54) is 12.1 Å². The van der Waals surface area contributed by atoms with Gasteiger partial charge in [0.15, 0.2) is 0 Å². The molecule has 0 atom stereocenters. The molecule has 3 rings (SSSR count). The minimum atomic E-state index is -4.32. The fourth-order valence-electron chi connectivity index (χ4n) is 2.04. The van der Waals surface area contributed by atoms with Crippen molar-refractivity contribution in [3.8, 4) is 17.0 Å². The molecule has 1 aliphatic rings. The molecule has 104 valence electrons. The van der Waals surface area contributed by atoms with E-state index in [4.69, 9.17) is 4.74 Å². The summed E-state index contributed by atoms with van der Waals surface area (Å²) < 4.78 is 42.9. The Labute approximate surface area is 113 Å². The first-order chi connectivity index (χ1) is 9.54. The summed E-state index contributed by atoms with van der Waals surface area (Å²) in [5.41, 5.74) is 1.53. The molecule has 0 fully saturated rings. The zero-order valence-electron chi connectivity index (χ0n) is 10.4. The van der Waals surface area contributed by atoms with E-state index in [0.29, 0.717) is 24.6 Å². The van der Waals surface area contributed by atoms with Crippen molar-refractivity contribution >= 4 is 5.69 Å². The van der Waals surface area contributed by atoms with Gasteiger partial charge >= 0.3 is 6.18 Å². The van der Waals surface area contributed by atoms with Crippen LogP contribution in [-0.4, -0.2) is 18.1 Å². The van der Waals surface area contributed by atoms with Crippen LogP contribution in [0.5, 0.6) is 5.88 Å². The number of nitrogens with one attached hydrogen (secondary N) is 1. The van der Waals surface area contributed by atoms with Crippen LogP contribution < -0.4 is 10.1 Å². The van der Waals surface area contributed by atoms with Gasteiger partial charge in [0.2, 0.25) is 5.88 Å². The Morgan fingerprint density at radius 2 is 1.85 bits per heavy atom. The van der Waals surface area contributed by atoms with Crippen molar-refractivity contribution in [3.05, 3.63) is 42.1 Å². The highest BCUT2D eigenvalue weighted by molar-refractivity contribution is 5.70. The van der Waals surface area contributed by atoms with Gasteiger partial charge in [-0.15, -0.1) is 0 Å². The number of fused-ring (bicyclic) bond motifs is 1. The Bertz CT molecular complexity index is 623. The van der Waals surface area contributed by atoms with Crippen LogP contribution in [0.4, 0.5) is 18.9 Å². The van der Waals surface area contributed by atoms with Crippen molar-refractivity contribution in [2.24, 2.45) is 0 Å². The minimum absolute atomic E-state index is 0.520. The first kappa shape index (κ1) is 12.8. The van der Waals surface area contributed by atoms with Crippen molar-refractivity contribution < 1.29 is 17.9 Å². The van der Waals surface area contributed by atoms with E-state index in [-0.39, 0.29) is 0 Å². The average molecular weight is 280 g/mol. The number of rotatable bonds is 1. The van der Waals surface area contributed by atoms with E-state index >= 15 is 0 Å². The van der Waals surface area contributed by atoms with E-state index in [1.54, 1.807) is 6.20 Å². The van der Waals surface area contributed by atoms with Gasteiger partial charge in [0.1, 0.15) is 6.61 Å². The number of pyridine rings is 1. The number of alkyl halides is 3. The first-order valence-corrected chi connectivity index (χ1v) is 6.08. The van der Waals surface area contributed by atoms with Crippen LogP contribution >= 0.6 is 0 Å². The standard InChI is InChI=1S/C14H11F3N2O/c15-14(16,17)11-3-1-9(2-4-11)10-7-12-13(19-8-10)20-6-5-18-12/h1-4,7-8,18H,5-6H2. The van der Waals surface area contributed by atoms with Gasteiger partial charge in [0, 0.05) is 18.3 Å². The van der Waals surface area contributed by atoms with E-state index < -0.39 is 11.7 Å². The average Bonchev–Trinajstić information content (AvgIpc) is 2.46. The lowest BCUT2D eigenvalue weighted by Crippen LogP contribution is -2.18. The number of aromatic nitrogens is 1. The molecule has 3 nitrogen and oxygen atoms in total. The number of hydrogen-bond donors (Lipinski definition) is 1. The zero-order chi connectivity index (χ0) is 14.2. The second-order valence-corrected chi connectivity index (χ2v) is 4.43. The monoisotopic (exact) mass is 280 g/mol. The van der Waals surface area contributed by atoms with Gasteiger partial charge in [-0.1, -0.05) is 12.1 Å². The van der Waals surface area contributed by atoms with Gasteiger partial charge in [-0.25, -0.2) is 4.98 Å². The molecule has 0 bridgehead atoms. The van der Waals surface area contributed by atoms with Crippen molar-refractivity contribution in [2.45, 2.75) is 6.18 Å². The van der Waals surface area contributed by atoms with Crippen molar-refractivity contribution in [3.63, 3.8) is 0 Å². The summed E-state index contributed by atoms with van der Waals surface area (Å²) >= 11 is 0. The summed E-state index contributed by atoms with van der Waals surface area (Å²) in [5.74, 6) is 0.520. The number of hydrogen-bond acceptors (Lipinski definition) is 3. The maximum Gasteiger partial charge on any atom is 0.416 e. The van der Waals surface area contributed by atoms with Gasteiger partial charge in [-0.3, -0.25) is 0 Å². The molecule has 0 aliphatic carbocycles. The normalized spacial score (nSPS) is 14.2. The van der Waals surface area contributed by atoms with E-state index in [0.717, 1.165) is 23.4 Å². The largest absolute Gasteiger partial charge is 0.474 e. The van der Waals surface area contributed by atoms with Crippen LogP contribution in [0, 0.1) is 0 Å². The number of benzene rings is 1. The predicted molar refractivity (Wildman–Crippen MR) is 68.7 cm³/mol. The SMILES string of the molecule is FC(F)(F)c1ccc(-c2cnc3c(c2)NCCO3)cc1. The summed E-state index contributed by atoms with van der Waals surface area (Å²) in [6.45, 7) is 1.24. The van der Waals surface area contributed by atoms with Crippen LogP contribution in [0.1, 0.15) is 5.56 Å². The topological polar surface area (TPSA) is 34.2 Å². The smallest absolute Gasteiger partial charge is 0.416 e. The Morgan fingerprint density at radius 1 is 1.10 bits per heavy atom. The van der Waals surface area contributed by atoms with Crippen LogP contribution in [0.3, 0.4) is 0 Å². The third kappa shape index (κ3) is 2.41. The molecule has 1 aliphatic heterocycles. The van der Waals surface area contributed by atoms with Gasteiger partial charge in [-0.2, -0.15) is 13.2 Å². The summed E-state index contributed by atoms with van der Waals surface area (Å²) in [6, 6.07) is 6.84. The second kappa shape index (κ2) is 4.70. The highest BCUT2D eigenvalue weighted by atomic mass is 19.4. The van der Waals surface area contributed by atoms with Crippen LogP contribution in [-0.2, 0) is 6.18 Å². The molecule has 20 heavy (non-hydrogen) atoms. The number of nitrogens with zero attached hydrogens (tertiary/aromatic N) is 1. The fraction of sp³-hybridized carbons (Fsp3) is 0.214. The lowest BCUT2D eigenvalue weighted by atomic mass is 10.0. The molecule has 2 aromatic rings. The van der Waals surface area contributed by atoms with Crippen LogP contribution in [0.2, 0.25) is 0 Å². The van der Waals surface area contributed by atoms with E-state index in [1.807, 2.05) is 6.07 Å². The summed E-state index contributed by atoms with van der Waals surface area (Å²) in [7, 11) is 0. The van der Waals surface area contributed by atoms with Gasteiger partial charge in [0.25, 0.3) is 0 Å². The fourth-order valence-corrected chi connectivity index (χ4v) is 2.04. The van der Waals surface area contributed by atoms with Crippen LogP contribution in [0.25, 0.3) is 11.1 Å². The molecule has 0 spiro atoms. The molecule has 1 N–H and O–H groups in total. The highest BCUT2D eigenvalue weighted by Gasteiger charge is 2.30. The Hall–Kier alpha value is -2.24. The molecule has 0 radical (unpaired) electrons. The third-order valence-electron chi connectivity index (χ3n) is 3.05. The number of halogens is 3. The maximum atomic E-state index is 12.5. The molecule has 1 aromatic heterocycles. The molecule has 2 heterocycles. The van der Waals surface area contributed by atoms with Crippen LogP contribution in [0.15, 0.2) is 36.5 Å². The Morgan fingerprint density at radius 3 is 2.55 bits per heavy atom. The lowest BCUT2D eigenvalue weighted by molar-refractivity contribution is -0.137. The molecular weight excluding hydrogens is 269 g/mol. The van der Waals surface area contributed by atoms with Gasteiger partial charge < -0.3 is 10.1 Å². The van der Waals surface area contributed by atoms with Crippen molar-refractivity contribution in [1.29, 1.82) is 0 Å². The van der Waals surface area contributed by atoms with E-state index in [9.17, 15) is 13.2 Å². The summed E-state index contributed by atoms with van der Waals surface area (Å²) in [6.07, 6.45) is -2.73. The maximum absolute atomic E-state index is 12.5. The quantitative estimate of drug-likeness (QED) is 0.867. The molecular formula is C14H11F3N2O.